The van der Waals surface area contributed by atoms with Crippen molar-refractivity contribution in [3.05, 3.63) is 71.0 Å². The standard InChI is InChI=1S/C23H20F2N4O4/c24-21(25)20-19(22(30)31)26-27-29(20)13-9-10-28(11-13)23(32)33-12-18-16-7-3-1-5-14(16)15-6-2-4-8-17(15)18/h1-8,13,18,21H,9-12H2,(H,30,31). The van der Waals surface area contributed by atoms with Gasteiger partial charge in [0, 0.05) is 19.0 Å². The number of amides is 1. The zero-order chi connectivity index (χ0) is 23.1. The van der Waals surface area contributed by atoms with Crippen LogP contribution >= 0.6 is 0 Å². The van der Waals surface area contributed by atoms with Gasteiger partial charge in [0.2, 0.25) is 0 Å². The molecule has 1 aliphatic carbocycles. The van der Waals surface area contributed by atoms with Crippen LogP contribution in [0.25, 0.3) is 11.1 Å². The molecule has 0 bridgehead atoms. The Morgan fingerprint density at radius 2 is 1.73 bits per heavy atom. The maximum absolute atomic E-state index is 13.5. The van der Waals surface area contributed by atoms with Gasteiger partial charge < -0.3 is 14.7 Å². The minimum atomic E-state index is -3.05. The zero-order valence-electron chi connectivity index (χ0n) is 17.4. The summed E-state index contributed by atoms with van der Waals surface area (Å²) < 4.78 is 33.5. The van der Waals surface area contributed by atoms with Crippen LogP contribution in [-0.4, -0.2) is 56.8 Å². The Morgan fingerprint density at radius 3 is 2.33 bits per heavy atom. The number of benzene rings is 2. The molecular formula is C23H20F2N4O4. The van der Waals surface area contributed by atoms with E-state index in [-0.39, 0.29) is 25.6 Å². The quantitative estimate of drug-likeness (QED) is 0.623. The molecule has 5 rings (SSSR count). The molecule has 0 saturated carbocycles. The number of aromatic nitrogens is 3. The van der Waals surface area contributed by atoms with Crippen molar-refractivity contribution in [3.63, 3.8) is 0 Å². The first-order chi connectivity index (χ1) is 16.0. The van der Waals surface area contributed by atoms with Crippen molar-refractivity contribution in [3.8, 4) is 11.1 Å². The van der Waals surface area contributed by atoms with E-state index in [0.717, 1.165) is 26.9 Å². The number of ether oxygens (including phenoxy) is 1. The molecule has 1 fully saturated rings. The number of carboxylic acids is 1. The third-order valence-electron chi connectivity index (χ3n) is 6.24. The van der Waals surface area contributed by atoms with Gasteiger partial charge in [0.05, 0.1) is 6.04 Å². The van der Waals surface area contributed by atoms with Crippen molar-refractivity contribution in [1.82, 2.24) is 19.9 Å². The van der Waals surface area contributed by atoms with Crippen molar-refractivity contribution in [2.45, 2.75) is 24.8 Å². The number of aromatic carboxylic acids is 1. The number of alkyl halides is 2. The van der Waals surface area contributed by atoms with Crippen LogP contribution in [-0.2, 0) is 4.74 Å². The van der Waals surface area contributed by atoms with Crippen molar-refractivity contribution in [2.75, 3.05) is 19.7 Å². The number of hydrogen-bond acceptors (Lipinski definition) is 5. The van der Waals surface area contributed by atoms with Crippen LogP contribution in [0.15, 0.2) is 48.5 Å². The number of carbonyl (C=O) groups is 2. The monoisotopic (exact) mass is 454 g/mol. The van der Waals surface area contributed by atoms with E-state index in [2.05, 4.69) is 10.3 Å². The fourth-order valence-corrected chi connectivity index (χ4v) is 4.72. The van der Waals surface area contributed by atoms with E-state index < -0.39 is 35.9 Å². The SMILES string of the molecule is O=C(O)c1nnn(C2CCN(C(=O)OCC3c4ccccc4-c4ccccc43)C2)c1C(F)F. The fourth-order valence-electron chi connectivity index (χ4n) is 4.72. The molecule has 3 aromatic rings. The number of rotatable bonds is 5. The minimum Gasteiger partial charge on any atom is -0.476 e. The molecule has 33 heavy (non-hydrogen) atoms. The molecule has 2 aliphatic rings. The lowest BCUT2D eigenvalue weighted by Gasteiger charge is -2.19. The summed E-state index contributed by atoms with van der Waals surface area (Å²) >= 11 is 0. The molecule has 1 aliphatic heterocycles. The van der Waals surface area contributed by atoms with E-state index in [0.29, 0.717) is 6.42 Å². The van der Waals surface area contributed by atoms with Crippen LogP contribution in [0, 0.1) is 0 Å². The van der Waals surface area contributed by atoms with Gasteiger partial charge in [-0.2, -0.15) is 0 Å². The second-order valence-electron chi connectivity index (χ2n) is 8.07. The average molecular weight is 454 g/mol. The van der Waals surface area contributed by atoms with Crippen LogP contribution < -0.4 is 0 Å². The molecule has 1 saturated heterocycles. The molecule has 1 amide bonds. The summed E-state index contributed by atoms with van der Waals surface area (Å²) in [5, 5.41) is 16.1. The lowest BCUT2D eigenvalue weighted by atomic mass is 9.98. The highest BCUT2D eigenvalue weighted by atomic mass is 19.3. The van der Waals surface area contributed by atoms with Gasteiger partial charge >= 0.3 is 12.1 Å². The summed E-state index contributed by atoms with van der Waals surface area (Å²) in [4.78, 5) is 25.4. The predicted molar refractivity (Wildman–Crippen MR) is 112 cm³/mol. The summed E-state index contributed by atoms with van der Waals surface area (Å²) in [7, 11) is 0. The smallest absolute Gasteiger partial charge is 0.409 e. The average Bonchev–Trinajstić information content (AvgIpc) is 3.53. The lowest BCUT2D eigenvalue weighted by Crippen LogP contribution is -2.31. The Bertz CT molecular complexity index is 1180. The maximum atomic E-state index is 13.5. The molecule has 8 nitrogen and oxygen atoms in total. The van der Waals surface area contributed by atoms with E-state index >= 15 is 0 Å². The highest BCUT2D eigenvalue weighted by Gasteiger charge is 2.36. The van der Waals surface area contributed by atoms with Crippen LogP contribution in [0.1, 0.15) is 52.1 Å². The first kappa shape index (κ1) is 21.0. The van der Waals surface area contributed by atoms with Crippen molar-refractivity contribution in [1.29, 1.82) is 0 Å². The van der Waals surface area contributed by atoms with E-state index in [1.807, 2.05) is 48.5 Å². The maximum Gasteiger partial charge on any atom is 0.409 e. The van der Waals surface area contributed by atoms with E-state index in [4.69, 9.17) is 9.84 Å². The fraction of sp³-hybridized carbons (Fsp3) is 0.304. The third kappa shape index (κ3) is 3.61. The van der Waals surface area contributed by atoms with Gasteiger partial charge in [-0.15, -0.1) is 5.10 Å². The highest BCUT2D eigenvalue weighted by molar-refractivity contribution is 5.86. The van der Waals surface area contributed by atoms with Gasteiger partial charge in [-0.25, -0.2) is 23.1 Å². The number of carboxylic acid groups (broad SMARTS) is 1. The molecule has 170 valence electrons. The van der Waals surface area contributed by atoms with Crippen LogP contribution in [0.5, 0.6) is 0 Å². The Balaban J connectivity index is 1.28. The molecule has 1 atom stereocenters. The van der Waals surface area contributed by atoms with Gasteiger partial charge in [-0.3, -0.25) is 0 Å². The second-order valence-corrected chi connectivity index (χ2v) is 8.07. The summed E-state index contributed by atoms with van der Waals surface area (Å²) in [5.74, 6) is -1.65. The Morgan fingerprint density at radius 1 is 1.09 bits per heavy atom. The molecule has 0 radical (unpaired) electrons. The van der Waals surface area contributed by atoms with E-state index in [1.165, 1.54) is 4.90 Å². The molecule has 10 heteroatoms. The van der Waals surface area contributed by atoms with Crippen LogP contribution in [0.3, 0.4) is 0 Å². The van der Waals surface area contributed by atoms with Gasteiger partial charge in [0.1, 0.15) is 12.3 Å². The second kappa shape index (κ2) is 8.27. The highest BCUT2D eigenvalue weighted by Crippen LogP contribution is 2.44. The topological polar surface area (TPSA) is 97.5 Å². The summed E-state index contributed by atoms with van der Waals surface area (Å²) in [6.45, 7) is 0.522. The first-order valence-electron chi connectivity index (χ1n) is 10.5. The molecule has 1 aromatic heterocycles. The lowest BCUT2D eigenvalue weighted by molar-refractivity contribution is 0.0674. The number of halogens is 2. The Kier molecular flexibility index (Phi) is 5.27. The summed E-state index contributed by atoms with van der Waals surface area (Å²) in [5.41, 5.74) is 2.91. The minimum absolute atomic E-state index is 0.0822. The third-order valence-corrected chi connectivity index (χ3v) is 6.24. The molecule has 2 aromatic carbocycles. The van der Waals surface area contributed by atoms with Gasteiger partial charge in [0.25, 0.3) is 6.43 Å². The molecular weight excluding hydrogens is 434 g/mol. The number of nitrogens with zero attached hydrogens (tertiary/aromatic N) is 4. The normalized spacial score (nSPS) is 17.3. The number of hydrogen-bond donors (Lipinski definition) is 1. The van der Waals surface area contributed by atoms with Crippen molar-refractivity contribution >= 4 is 12.1 Å². The van der Waals surface area contributed by atoms with E-state index in [9.17, 15) is 18.4 Å². The molecule has 1 N–H and O–H groups in total. The van der Waals surface area contributed by atoms with Crippen LogP contribution in [0.2, 0.25) is 0 Å². The Labute approximate surface area is 187 Å². The number of likely N-dealkylation sites (tertiary alicyclic amines) is 1. The van der Waals surface area contributed by atoms with Crippen molar-refractivity contribution < 1.29 is 28.2 Å². The van der Waals surface area contributed by atoms with Gasteiger partial charge in [0.15, 0.2) is 5.69 Å². The first-order valence-corrected chi connectivity index (χ1v) is 10.5. The molecule has 0 spiro atoms. The predicted octanol–water partition coefficient (Wildman–Crippen LogP) is 4.11. The van der Waals surface area contributed by atoms with Crippen molar-refractivity contribution in [2.24, 2.45) is 0 Å². The largest absolute Gasteiger partial charge is 0.476 e. The summed E-state index contributed by atoms with van der Waals surface area (Å²) in [6.07, 6.45) is -3.25. The summed E-state index contributed by atoms with van der Waals surface area (Å²) in [6, 6.07) is 15.4. The number of carbonyl (C=O) groups excluding carboxylic acids is 1. The molecule has 1 unspecified atom stereocenters. The van der Waals surface area contributed by atoms with E-state index in [1.54, 1.807) is 0 Å². The zero-order valence-corrected chi connectivity index (χ0v) is 17.4. The molecule has 2 heterocycles. The van der Waals surface area contributed by atoms with Gasteiger partial charge in [-0.1, -0.05) is 53.7 Å². The Hall–Kier alpha value is -3.82. The number of fused-ring (bicyclic) bond motifs is 3. The van der Waals surface area contributed by atoms with Crippen LogP contribution in [0.4, 0.5) is 13.6 Å². The van der Waals surface area contributed by atoms with Gasteiger partial charge in [-0.05, 0) is 28.7 Å².